The molecule has 3 rings (SSSR count). The zero-order valence-electron chi connectivity index (χ0n) is 16.7. The lowest BCUT2D eigenvalue weighted by molar-refractivity contribution is -0.117. The molecule has 0 aromatic heterocycles. The number of hydrogen-bond donors (Lipinski definition) is 1. The topological polar surface area (TPSA) is 67.9 Å². The van der Waals surface area contributed by atoms with Gasteiger partial charge in [0.1, 0.15) is 0 Å². The van der Waals surface area contributed by atoms with Crippen LogP contribution in [-0.4, -0.2) is 37.0 Å². The highest BCUT2D eigenvalue weighted by Gasteiger charge is 2.20. The fourth-order valence-corrected chi connectivity index (χ4v) is 3.15. The predicted molar refractivity (Wildman–Crippen MR) is 108 cm³/mol. The molecule has 28 heavy (non-hydrogen) atoms. The lowest BCUT2D eigenvalue weighted by Gasteiger charge is -2.18. The lowest BCUT2D eigenvalue weighted by Crippen LogP contribution is -2.30. The summed E-state index contributed by atoms with van der Waals surface area (Å²) in [6.45, 7) is 6.76. The molecule has 6 heteroatoms. The molecule has 0 saturated carbocycles. The third-order valence-electron chi connectivity index (χ3n) is 4.68. The van der Waals surface area contributed by atoms with Crippen LogP contribution in [0.15, 0.2) is 36.4 Å². The van der Waals surface area contributed by atoms with Crippen LogP contribution in [0.2, 0.25) is 0 Å². The fourth-order valence-electron chi connectivity index (χ4n) is 3.15. The Kier molecular flexibility index (Phi) is 5.99. The molecule has 0 aliphatic carbocycles. The number of carbonyl (C=O) groups is 2. The van der Waals surface area contributed by atoms with Crippen molar-refractivity contribution in [2.75, 3.05) is 25.7 Å². The minimum atomic E-state index is -0.192. The summed E-state index contributed by atoms with van der Waals surface area (Å²) in [6, 6.07) is 11.7. The van der Waals surface area contributed by atoms with E-state index in [4.69, 9.17) is 9.47 Å². The van der Waals surface area contributed by atoms with Crippen LogP contribution in [0.3, 0.4) is 0 Å². The van der Waals surface area contributed by atoms with Crippen molar-refractivity contribution in [1.82, 2.24) is 4.90 Å². The summed E-state index contributed by atoms with van der Waals surface area (Å²) in [6.07, 6.45) is 0. The van der Waals surface area contributed by atoms with Gasteiger partial charge >= 0.3 is 0 Å². The first-order chi connectivity index (χ1) is 13.3. The van der Waals surface area contributed by atoms with Crippen molar-refractivity contribution < 1.29 is 19.1 Å². The van der Waals surface area contributed by atoms with Crippen molar-refractivity contribution in [3.63, 3.8) is 0 Å². The summed E-state index contributed by atoms with van der Waals surface area (Å²) in [5.41, 5.74) is 3.29. The molecule has 1 heterocycles. The minimum absolute atomic E-state index is 0.114. The van der Waals surface area contributed by atoms with Crippen LogP contribution in [0.4, 0.5) is 5.69 Å². The molecule has 148 valence electrons. The number of rotatable bonds is 7. The molecule has 1 aliphatic rings. The van der Waals surface area contributed by atoms with Gasteiger partial charge in [-0.05, 0) is 37.1 Å². The molecular weight excluding hydrogens is 356 g/mol. The first kappa shape index (κ1) is 19.9. The van der Waals surface area contributed by atoms with Gasteiger partial charge in [-0.3, -0.25) is 14.5 Å². The number of likely N-dealkylation sites (N-methyl/N-ethyl adjacent to an activating group) is 1. The SMILES string of the molecule is CC(=O)c1cc2c(cc1NC(=O)CN(C)Cc1ccc(C(C)C)cc1)OCO2. The molecule has 2 aromatic rings. The number of anilines is 1. The number of amides is 1. The van der Waals surface area contributed by atoms with Gasteiger partial charge in [0, 0.05) is 18.2 Å². The Bertz CT molecular complexity index is 875. The van der Waals surface area contributed by atoms with Crippen molar-refractivity contribution in [2.45, 2.75) is 33.2 Å². The smallest absolute Gasteiger partial charge is 0.238 e. The van der Waals surface area contributed by atoms with Crippen LogP contribution in [0, 0.1) is 0 Å². The molecule has 0 spiro atoms. The third-order valence-corrected chi connectivity index (χ3v) is 4.68. The van der Waals surface area contributed by atoms with Crippen molar-refractivity contribution in [2.24, 2.45) is 0 Å². The van der Waals surface area contributed by atoms with Crippen molar-refractivity contribution in [3.8, 4) is 11.5 Å². The van der Waals surface area contributed by atoms with Crippen LogP contribution < -0.4 is 14.8 Å². The van der Waals surface area contributed by atoms with E-state index in [1.54, 1.807) is 12.1 Å². The maximum Gasteiger partial charge on any atom is 0.238 e. The van der Waals surface area contributed by atoms with Gasteiger partial charge in [-0.15, -0.1) is 0 Å². The van der Waals surface area contributed by atoms with E-state index in [-0.39, 0.29) is 25.0 Å². The maximum atomic E-state index is 12.5. The average Bonchev–Trinajstić information content (AvgIpc) is 3.08. The summed E-state index contributed by atoms with van der Waals surface area (Å²) in [5, 5.41) is 2.83. The minimum Gasteiger partial charge on any atom is -0.454 e. The highest BCUT2D eigenvalue weighted by Crippen LogP contribution is 2.37. The molecule has 1 amide bonds. The Hall–Kier alpha value is -2.86. The van der Waals surface area contributed by atoms with E-state index in [9.17, 15) is 9.59 Å². The van der Waals surface area contributed by atoms with E-state index in [2.05, 4.69) is 43.4 Å². The number of fused-ring (bicyclic) bond motifs is 1. The Balaban J connectivity index is 1.63. The monoisotopic (exact) mass is 382 g/mol. The molecule has 1 aliphatic heterocycles. The van der Waals surface area contributed by atoms with E-state index >= 15 is 0 Å². The molecule has 2 aromatic carbocycles. The van der Waals surface area contributed by atoms with Crippen molar-refractivity contribution >= 4 is 17.4 Å². The molecule has 1 N–H and O–H groups in total. The van der Waals surface area contributed by atoms with E-state index < -0.39 is 0 Å². The summed E-state index contributed by atoms with van der Waals surface area (Å²) in [7, 11) is 1.89. The number of ether oxygens (including phenoxy) is 2. The van der Waals surface area contributed by atoms with Crippen molar-refractivity contribution in [3.05, 3.63) is 53.1 Å². The second-order valence-corrected chi connectivity index (χ2v) is 7.42. The van der Waals surface area contributed by atoms with Gasteiger partial charge < -0.3 is 14.8 Å². The lowest BCUT2D eigenvalue weighted by atomic mass is 10.0. The average molecular weight is 382 g/mol. The fraction of sp³-hybridized carbons (Fsp3) is 0.364. The first-order valence-corrected chi connectivity index (χ1v) is 9.35. The van der Waals surface area contributed by atoms with Crippen LogP contribution in [0.1, 0.15) is 48.2 Å². The van der Waals surface area contributed by atoms with Crippen LogP contribution in [-0.2, 0) is 11.3 Å². The van der Waals surface area contributed by atoms with Gasteiger partial charge in [0.2, 0.25) is 12.7 Å². The number of ketones is 1. The van der Waals surface area contributed by atoms with E-state index in [0.29, 0.717) is 35.2 Å². The van der Waals surface area contributed by atoms with Crippen LogP contribution in [0.5, 0.6) is 11.5 Å². The van der Waals surface area contributed by atoms with Gasteiger partial charge in [-0.25, -0.2) is 0 Å². The number of carbonyl (C=O) groups excluding carboxylic acids is 2. The number of nitrogens with zero attached hydrogens (tertiary/aromatic N) is 1. The zero-order chi connectivity index (χ0) is 20.3. The second-order valence-electron chi connectivity index (χ2n) is 7.42. The molecule has 0 bridgehead atoms. The van der Waals surface area contributed by atoms with E-state index in [1.807, 2.05) is 11.9 Å². The summed E-state index contributed by atoms with van der Waals surface area (Å²) in [4.78, 5) is 26.4. The van der Waals surface area contributed by atoms with E-state index in [0.717, 1.165) is 5.56 Å². The molecule has 0 saturated heterocycles. The van der Waals surface area contributed by atoms with Crippen LogP contribution in [0.25, 0.3) is 0 Å². The molecule has 0 fully saturated rings. The third kappa shape index (κ3) is 4.70. The Morgan fingerprint density at radius 2 is 1.75 bits per heavy atom. The number of Topliss-reactive ketones (excluding diaryl/α,β-unsaturated/α-hetero) is 1. The standard InChI is InChI=1S/C22H26N2O4/c1-14(2)17-7-5-16(6-8-17)11-24(4)12-22(26)23-19-10-21-20(27-13-28-21)9-18(19)15(3)25/h5-10,14H,11-13H2,1-4H3,(H,23,26). The highest BCUT2D eigenvalue weighted by molar-refractivity contribution is 6.05. The largest absolute Gasteiger partial charge is 0.454 e. The molecule has 0 radical (unpaired) electrons. The second kappa shape index (κ2) is 8.44. The zero-order valence-corrected chi connectivity index (χ0v) is 16.7. The summed E-state index contributed by atoms with van der Waals surface area (Å²) in [5.74, 6) is 1.20. The summed E-state index contributed by atoms with van der Waals surface area (Å²) >= 11 is 0. The van der Waals surface area contributed by atoms with Crippen molar-refractivity contribution in [1.29, 1.82) is 0 Å². The Labute approximate surface area is 165 Å². The number of hydrogen-bond acceptors (Lipinski definition) is 5. The quantitative estimate of drug-likeness (QED) is 0.738. The van der Waals surface area contributed by atoms with Gasteiger partial charge in [-0.1, -0.05) is 38.1 Å². The number of benzene rings is 2. The molecule has 6 nitrogen and oxygen atoms in total. The van der Waals surface area contributed by atoms with Gasteiger partial charge in [0.25, 0.3) is 0 Å². The Morgan fingerprint density at radius 1 is 1.11 bits per heavy atom. The van der Waals surface area contributed by atoms with Crippen LogP contribution >= 0.6 is 0 Å². The van der Waals surface area contributed by atoms with Gasteiger partial charge in [0.05, 0.1) is 12.2 Å². The molecular formula is C22H26N2O4. The van der Waals surface area contributed by atoms with Gasteiger partial charge in [0.15, 0.2) is 17.3 Å². The number of nitrogens with one attached hydrogen (secondary N) is 1. The van der Waals surface area contributed by atoms with E-state index in [1.165, 1.54) is 12.5 Å². The normalized spacial score (nSPS) is 12.5. The highest BCUT2D eigenvalue weighted by atomic mass is 16.7. The maximum absolute atomic E-state index is 12.5. The molecule has 0 atom stereocenters. The Morgan fingerprint density at radius 3 is 2.36 bits per heavy atom. The first-order valence-electron chi connectivity index (χ1n) is 9.35. The van der Waals surface area contributed by atoms with Gasteiger partial charge in [-0.2, -0.15) is 0 Å². The summed E-state index contributed by atoms with van der Waals surface area (Å²) < 4.78 is 10.7. The predicted octanol–water partition coefficient (Wildman–Crippen LogP) is 3.81. The molecule has 0 unspecified atom stereocenters.